The second kappa shape index (κ2) is 8.92. The number of carbonyl (C=O) groups is 1. The molecular weight excluding hydrogens is 426 g/mol. The molecule has 0 fully saturated rings. The summed E-state index contributed by atoms with van der Waals surface area (Å²) in [5.41, 5.74) is 0.795. The molecular formula is C23H21N5O5. The summed E-state index contributed by atoms with van der Waals surface area (Å²) in [6, 6.07) is 14.0. The number of H-pyrrole nitrogens is 1. The van der Waals surface area contributed by atoms with Gasteiger partial charge in [0.1, 0.15) is 29.0 Å². The Morgan fingerprint density at radius 2 is 1.70 bits per heavy atom. The van der Waals surface area contributed by atoms with E-state index < -0.39 is 23.3 Å². The van der Waals surface area contributed by atoms with E-state index in [1.54, 1.807) is 49.6 Å². The number of anilines is 3. The maximum atomic E-state index is 13.2. The van der Waals surface area contributed by atoms with Crippen LogP contribution in [0.4, 0.5) is 17.5 Å². The minimum Gasteiger partial charge on any atom is -0.497 e. The molecule has 2 aromatic carbocycles. The lowest BCUT2D eigenvalue weighted by molar-refractivity contribution is -0.119. The molecule has 0 aliphatic carbocycles. The molecule has 3 aromatic rings. The highest BCUT2D eigenvalue weighted by Gasteiger charge is 2.41. The molecule has 1 aromatic heterocycles. The van der Waals surface area contributed by atoms with Crippen molar-refractivity contribution in [2.24, 2.45) is 5.92 Å². The van der Waals surface area contributed by atoms with Gasteiger partial charge in [-0.25, -0.2) is 0 Å². The fourth-order valence-corrected chi connectivity index (χ4v) is 3.80. The standard InChI is InChI=1S/C23H21N5O5/c1-31-13-6-4-12(5-7-13)25-23-27-20-19(22(30)28-23)18(16(11-24)21(29)26-20)15-10-14(32-2)8-9-17(15)33-3/h4-10,16,18H,1-3H3,(H3,25,26,27,28,29,30). The lowest BCUT2D eigenvalue weighted by atomic mass is 9.78. The summed E-state index contributed by atoms with van der Waals surface area (Å²) in [5, 5.41) is 15.3. The van der Waals surface area contributed by atoms with Crippen LogP contribution >= 0.6 is 0 Å². The van der Waals surface area contributed by atoms with Crippen LogP contribution in [0.2, 0.25) is 0 Å². The van der Waals surface area contributed by atoms with Crippen molar-refractivity contribution in [2.45, 2.75) is 5.92 Å². The SMILES string of the molecule is COc1ccc(Nc2nc3c(c(=O)[nH]2)C(c2cc(OC)ccc2OC)C(C#N)C(=O)N3)cc1. The first-order chi connectivity index (χ1) is 16.0. The monoisotopic (exact) mass is 447 g/mol. The van der Waals surface area contributed by atoms with Gasteiger partial charge in [0.05, 0.1) is 33.0 Å². The predicted molar refractivity (Wildman–Crippen MR) is 120 cm³/mol. The summed E-state index contributed by atoms with van der Waals surface area (Å²) in [6.45, 7) is 0. The molecule has 0 spiro atoms. The van der Waals surface area contributed by atoms with Crippen molar-refractivity contribution in [1.29, 1.82) is 5.26 Å². The molecule has 2 atom stereocenters. The number of benzene rings is 2. The molecule has 1 aliphatic heterocycles. The van der Waals surface area contributed by atoms with Crippen LogP contribution in [0.5, 0.6) is 17.2 Å². The van der Waals surface area contributed by atoms with Gasteiger partial charge < -0.3 is 24.8 Å². The average molecular weight is 447 g/mol. The number of ether oxygens (including phenoxy) is 3. The van der Waals surface area contributed by atoms with Gasteiger partial charge in [-0.15, -0.1) is 0 Å². The molecule has 3 N–H and O–H groups in total. The fourth-order valence-electron chi connectivity index (χ4n) is 3.80. The number of nitriles is 1. The summed E-state index contributed by atoms with van der Waals surface area (Å²) in [4.78, 5) is 33.1. The number of methoxy groups -OCH3 is 3. The van der Waals surface area contributed by atoms with Crippen molar-refractivity contribution in [3.8, 4) is 23.3 Å². The molecule has 2 unspecified atom stereocenters. The van der Waals surface area contributed by atoms with Gasteiger partial charge in [0.25, 0.3) is 5.56 Å². The van der Waals surface area contributed by atoms with Crippen molar-refractivity contribution in [3.05, 3.63) is 63.9 Å². The first-order valence-electron chi connectivity index (χ1n) is 9.96. The lowest BCUT2D eigenvalue weighted by Gasteiger charge is -2.29. The molecule has 10 nitrogen and oxygen atoms in total. The smallest absolute Gasteiger partial charge is 0.258 e. The zero-order valence-corrected chi connectivity index (χ0v) is 18.1. The number of carbonyl (C=O) groups excluding carboxylic acids is 1. The van der Waals surface area contributed by atoms with Crippen molar-refractivity contribution in [2.75, 3.05) is 32.0 Å². The van der Waals surface area contributed by atoms with Crippen molar-refractivity contribution < 1.29 is 19.0 Å². The highest BCUT2D eigenvalue weighted by atomic mass is 16.5. The summed E-state index contributed by atoms with van der Waals surface area (Å²) in [6.07, 6.45) is 0. The van der Waals surface area contributed by atoms with Gasteiger partial charge in [-0.3, -0.25) is 14.6 Å². The molecule has 33 heavy (non-hydrogen) atoms. The van der Waals surface area contributed by atoms with Gasteiger partial charge in [-0.1, -0.05) is 0 Å². The van der Waals surface area contributed by atoms with E-state index in [-0.39, 0.29) is 17.3 Å². The van der Waals surface area contributed by atoms with Gasteiger partial charge in [0, 0.05) is 17.2 Å². The zero-order valence-electron chi connectivity index (χ0n) is 18.1. The van der Waals surface area contributed by atoms with E-state index in [9.17, 15) is 14.9 Å². The summed E-state index contributed by atoms with van der Waals surface area (Å²) < 4.78 is 15.9. The number of amides is 1. The third-order valence-corrected chi connectivity index (χ3v) is 5.39. The largest absolute Gasteiger partial charge is 0.497 e. The molecule has 1 amide bonds. The molecule has 4 rings (SSSR count). The lowest BCUT2D eigenvalue weighted by Crippen LogP contribution is -2.38. The van der Waals surface area contributed by atoms with Crippen molar-refractivity contribution in [1.82, 2.24) is 9.97 Å². The van der Waals surface area contributed by atoms with Crippen LogP contribution in [0.15, 0.2) is 47.3 Å². The van der Waals surface area contributed by atoms with E-state index >= 15 is 0 Å². The predicted octanol–water partition coefficient (Wildman–Crippen LogP) is 2.76. The Labute approximate surface area is 189 Å². The second-order valence-electron chi connectivity index (χ2n) is 7.21. The van der Waals surface area contributed by atoms with E-state index in [2.05, 4.69) is 20.6 Å². The maximum Gasteiger partial charge on any atom is 0.258 e. The Kier molecular flexibility index (Phi) is 5.87. The third-order valence-electron chi connectivity index (χ3n) is 5.39. The zero-order chi connectivity index (χ0) is 23.5. The van der Waals surface area contributed by atoms with Crippen LogP contribution in [0.1, 0.15) is 17.0 Å². The van der Waals surface area contributed by atoms with E-state index in [1.807, 2.05) is 6.07 Å². The quantitative estimate of drug-likeness (QED) is 0.524. The number of nitrogens with zero attached hydrogens (tertiary/aromatic N) is 2. The molecule has 168 valence electrons. The van der Waals surface area contributed by atoms with Crippen LogP contribution in [0.3, 0.4) is 0 Å². The summed E-state index contributed by atoms with van der Waals surface area (Å²) in [5.74, 6) is -0.835. The van der Waals surface area contributed by atoms with Crippen LogP contribution in [0.25, 0.3) is 0 Å². The number of aromatic nitrogens is 2. The number of hydrogen-bond acceptors (Lipinski definition) is 8. The molecule has 1 aliphatic rings. The van der Waals surface area contributed by atoms with Crippen LogP contribution < -0.4 is 30.4 Å². The molecule has 10 heteroatoms. The van der Waals surface area contributed by atoms with Gasteiger partial charge in [-0.2, -0.15) is 10.2 Å². The van der Waals surface area contributed by atoms with E-state index in [0.717, 1.165) is 0 Å². The Morgan fingerprint density at radius 3 is 2.33 bits per heavy atom. The molecule has 0 radical (unpaired) electrons. The normalized spacial score (nSPS) is 16.7. The van der Waals surface area contributed by atoms with Crippen LogP contribution in [0, 0.1) is 17.2 Å². The van der Waals surface area contributed by atoms with E-state index in [0.29, 0.717) is 28.5 Å². The topological polar surface area (TPSA) is 138 Å². The fraction of sp³-hybridized carbons (Fsp3) is 0.217. The summed E-state index contributed by atoms with van der Waals surface area (Å²) in [7, 11) is 4.54. The second-order valence-corrected chi connectivity index (χ2v) is 7.21. The molecule has 0 bridgehead atoms. The first kappa shape index (κ1) is 21.7. The highest BCUT2D eigenvalue weighted by molar-refractivity contribution is 5.98. The van der Waals surface area contributed by atoms with Gasteiger partial charge in [-0.05, 0) is 42.5 Å². The third kappa shape index (κ3) is 4.04. The number of rotatable bonds is 6. The minimum absolute atomic E-state index is 0.0705. The molecule has 2 heterocycles. The molecule has 0 saturated heterocycles. The Bertz CT molecular complexity index is 1300. The number of aromatic amines is 1. The number of hydrogen-bond donors (Lipinski definition) is 3. The van der Waals surface area contributed by atoms with Crippen LogP contribution in [-0.2, 0) is 4.79 Å². The average Bonchev–Trinajstić information content (AvgIpc) is 2.83. The van der Waals surface area contributed by atoms with Crippen LogP contribution in [-0.4, -0.2) is 37.2 Å². The Balaban J connectivity index is 1.82. The molecule has 0 saturated carbocycles. The minimum atomic E-state index is -1.16. The Hall–Kier alpha value is -4.52. The van der Waals surface area contributed by atoms with E-state index in [4.69, 9.17) is 14.2 Å². The van der Waals surface area contributed by atoms with E-state index in [1.165, 1.54) is 14.2 Å². The van der Waals surface area contributed by atoms with Crippen molar-refractivity contribution >= 4 is 23.4 Å². The van der Waals surface area contributed by atoms with Gasteiger partial charge in [0.2, 0.25) is 11.9 Å². The van der Waals surface area contributed by atoms with Gasteiger partial charge in [0.15, 0.2) is 0 Å². The first-order valence-corrected chi connectivity index (χ1v) is 9.96. The van der Waals surface area contributed by atoms with Crippen molar-refractivity contribution in [3.63, 3.8) is 0 Å². The number of nitrogens with one attached hydrogen (secondary N) is 3. The maximum absolute atomic E-state index is 13.2. The van der Waals surface area contributed by atoms with Gasteiger partial charge >= 0.3 is 0 Å². The number of fused-ring (bicyclic) bond motifs is 1. The summed E-state index contributed by atoms with van der Waals surface area (Å²) >= 11 is 0. The highest BCUT2D eigenvalue weighted by Crippen LogP contribution is 2.43. The Morgan fingerprint density at radius 1 is 1.00 bits per heavy atom.